The molecule has 1 aromatic carbocycles. The minimum absolute atomic E-state index is 0.156. The third-order valence-corrected chi connectivity index (χ3v) is 6.92. The van der Waals surface area contributed by atoms with Crippen molar-refractivity contribution in [2.75, 3.05) is 13.1 Å². The van der Waals surface area contributed by atoms with Crippen molar-refractivity contribution in [1.29, 1.82) is 0 Å². The highest BCUT2D eigenvalue weighted by atomic mass is 35.7. The van der Waals surface area contributed by atoms with E-state index in [1.807, 2.05) is 4.90 Å². The van der Waals surface area contributed by atoms with Crippen LogP contribution in [0.25, 0.3) is 0 Å². The zero-order valence-electron chi connectivity index (χ0n) is 12.7. The largest absolute Gasteiger partial charge is 0.284 e. The third kappa shape index (κ3) is 4.79. The molecule has 1 saturated heterocycles. The molecule has 0 amide bonds. The Morgan fingerprint density at radius 2 is 1.65 bits per heavy atom. The number of likely N-dealkylation sites (tertiary alicyclic amines) is 1. The molecular formula is C15H20ClNO4S2. The topological polar surface area (TPSA) is 71.5 Å². The van der Waals surface area contributed by atoms with Crippen molar-refractivity contribution >= 4 is 29.6 Å². The second-order valence-corrected chi connectivity index (χ2v) is 10.4. The van der Waals surface area contributed by atoms with E-state index in [-0.39, 0.29) is 10.6 Å². The van der Waals surface area contributed by atoms with Crippen molar-refractivity contribution < 1.29 is 16.8 Å². The number of sulfone groups is 1. The van der Waals surface area contributed by atoms with E-state index in [9.17, 15) is 16.8 Å². The van der Waals surface area contributed by atoms with Crippen LogP contribution in [0.5, 0.6) is 0 Å². The van der Waals surface area contributed by atoms with Crippen molar-refractivity contribution in [2.45, 2.75) is 35.3 Å². The van der Waals surface area contributed by atoms with Gasteiger partial charge in [0.15, 0.2) is 9.84 Å². The monoisotopic (exact) mass is 377 g/mol. The SMILES string of the molecule is C=CC(N1CCCCC1)S(=O)(=O)c1ccc(CS(=O)(=O)Cl)cc1. The second-order valence-electron chi connectivity index (χ2n) is 5.60. The predicted octanol–water partition coefficient (Wildman–Crippen LogP) is 2.53. The summed E-state index contributed by atoms with van der Waals surface area (Å²) in [5, 5.41) is -0.759. The van der Waals surface area contributed by atoms with Gasteiger partial charge in [-0.3, -0.25) is 4.90 Å². The molecule has 128 valence electrons. The zero-order chi connectivity index (χ0) is 17.1. The Morgan fingerprint density at radius 3 is 2.13 bits per heavy atom. The minimum Gasteiger partial charge on any atom is -0.284 e. The first-order valence-electron chi connectivity index (χ1n) is 7.36. The summed E-state index contributed by atoms with van der Waals surface area (Å²) in [7, 11) is -2.05. The molecule has 1 heterocycles. The van der Waals surface area contributed by atoms with E-state index in [1.54, 1.807) is 0 Å². The lowest BCUT2D eigenvalue weighted by atomic mass is 10.1. The molecule has 0 bridgehead atoms. The number of rotatable bonds is 6. The summed E-state index contributed by atoms with van der Waals surface area (Å²) in [6, 6.07) is 5.80. The first-order valence-corrected chi connectivity index (χ1v) is 11.4. The zero-order valence-corrected chi connectivity index (χ0v) is 15.1. The summed E-state index contributed by atoms with van der Waals surface area (Å²) >= 11 is 0. The van der Waals surface area contributed by atoms with Crippen LogP contribution >= 0.6 is 10.7 Å². The minimum atomic E-state index is -3.67. The van der Waals surface area contributed by atoms with Crippen LogP contribution in [-0.2, 0) is 24.6 Å². The molecule has 1 fully saturated rings. The van der Waals surface area contributed by atoms with E-state index >= 15 is 0 Å². The Labute approximate surface area is 142 Å². The maximum Gasteiger partial charge on any atom is 0.236 e. The Morgan fingerprint density at radius 1 is 1.09 bits per heavy atom. The van der Waals surface area contributed by atoms with Gasteiger partial charge in [-0.1, -0.05) is 24.6 Å². The van der Waals surface area contributed by atoms with E-state index in [1.165, 1.54) is 30.3 Å². The Hall–Kier alpha value is -0.890. The van der Waals surface area contributed by atoms with Crippen LogP contribution < -0.4 is 0 Å². The maximum atomic E-state index is 12.8. The first kappa shape index (κ1) is 18.4. The fourth-order valence-electron chi connectivity index (χ4n) is 2.76. The van der Waals surface area contributed by atoms with Crippen molar-refractivity contribution in [1.82, 2.24) is 4.90 Å². The molecule has 1 aliphatic rings. The van der Waals surface area contributed by atoms with Crippen LogP contribution in [0.1, 0.15) is 24.8 Å². The van der Waals surface area contributed by atoms with E-state index in [0.29, 0.717) is 5.56 Å². The van der Waals surface area contributed by atoms with Gasteiger partial charge >= 0.3 is 0 Å². The molecule has 0 radical (unpaired) electrons. The quantitative estimate of drug-likeness (QED) is 0.562. The van der Waals surface area contributed by atoms with Crippen LogP contribution in [0.2, 0.25) is 0 Å². The highest BCUT2D eigenvalue weighted by Gasteiger charge is 2.31. The lowest BCUT2D eigenvalue weighted by Crippen LogP contribution is -2.42. The Balaban J connectivity index is 2.25. The van der Waals surface area contributed by atoms with Gasteiger partial charge in [-0.05, 0) is 43.6 Å². The molecule has 2 rings (SSSR count). The average Bonchev–Trinajstić information content (AvgIpc) is 2.47. The Bertz CT molecular complexity index is 751. The Kier molecular flexibility index (Phi) is 5.89. The summed E-state index contributed by atoms with van der Waals surface area (Å²) in [5.41, 5.74) is 0.451. The number of benzene rings is 1. The number of hydrogen-bond acceptors (Lipinski definition) is 5. The van der Waals surface area contributed by atoms with Gasteiger partial charge in [0.2, 0.25) is 9.05 Å². The van der Waals surface area contributed by atoms with Crippen LogP contribution in [-0.4, -0.2) is 40.2 Å². The number of piperidine rings is 1. The fourth-order valence-corrected chi connectivity index (χ4v) is 5.38. The van der Waals surface area contributed by atoms with Gasteiger partial charge in [0.25, 0.3) is 0 Å². The predicted molar refractivity (Wildman–Crippen MR) is 91.5 cm³/mol. The van der Waals surface area contributed by atoms with Crippen molar-refractivity contribution in [3.05, 3.63) is 42.5 Å². The van der Waals surface area contributed by atoms with E-state index in [4.69, 9.17) is 10.7 Å². The standard InChI is InChI=1S/C15H20ClNO4S2/c1-2-15(17-10-4-3-5-11-17)23(20,21)14-8-6-13(7-9-14)12-22(16,18)19/h2,6-9,15H,1,3-5,10-12H2. The molecule has 8 heteroatoms. The summed E-state index contributed by atoms with van der Waals surface area (Å²) < 4.78 is 47.7. The molecule has 0 aromatic heterocycles. The molecule has 0 aliphatic carbocycles. The highest BCUT2D eigenvalue weighted by molar-refractivity contribution is 8.13. The van der Waals surface area contributed by atoms with E-state index in [2.05, 4.69) is 6.58 Å². The molecule has 1 atom stereocenters. The van der Waals surface area contributed by atoms with Gasteiger partial charge in [-0.2, -0.15) is 0 Å². The summed E-state index contributed by atoms with van der Waals surface area (Å²) in [5.74, 6) is -0.327. The van der Waals surface area contributed by atoms with Crippen LogP contribution in [0, 0.1) is 0 Å². The summed E-state index contributed by atoms with van der Waals surface area (Å²) in [6.45, 7) is 5.15. The van der Waals surface area contributed by atoms with Gasteiger partial charge in [-0.15, -0.1) is 6.58 Å². The molecular weight excluding hydrogens is 358 g/mol. The smallest absolute Gasteiger partial charge is 0.236 e. The van der Waals surface area contributed by atoms with Crippen molar-refractivity contribution in [2.24, 2.45) is 0 Å². The van der Waals surface area contributed by atoms with E-state index in [0.717, 1.165) is 32.4 Å². The molecule has 1 unspecified atom stereocenters. The number of hydrogen-bond donors (Lipinski definition) is 0. The second kappa shape index (κ2) is 7.34. The molecule has 0 saturated carbocycles. The number of halogens is 1. The molecule has 1 aromatic rings. The summed E-state index contributed by atoms with van der Waals surface area (Å²) in [6.07, 6.45) is 4.53. The van der Waals surface area contributed by atoms with Gasteiger partial charge in [0.05, 0.1) is 10.6 Å². The normalized spacial score (nSPS) is 18.5. The molecule has 23 heavy (non-hydrogen) atoms. The molecule has 0 N–H and O–H groups in total. The van der Waals surface area contributed by atoms with Gasteiger partial charge in [-0.25, -0.2) is 16.8 Å². The lowest BCUT2D eigenvalue weighted by molar-refractivity contribution is 0.229. The summed E-state index contributed by atoms with van der Waals surface area (Å²) in [4.78, 5) is 2.08. The average molecular weight is 378 g/mol. The van der Waals surface area contributed by atoms with Gasteiger partial charge < -0.3 is 0 Å². The van der Waals surface area contributed by atoms with Crippen LogP contribution in [0.15, 0.2) is 41.8 Å². The molecule has 0 spiro atoms. The van der Waals surface area contributed by atoms with Gasteiger partial charge in [0, 0.05) is 10.7 Å². The van der Waals surface area contributed by atoms with Crippen LogP contribution in [0.4, 0.5) is 0 Å². The first-order chi connectivity index (χ1) is 10.7. The van der Waals surface area contributed by atoms with Crippen LogP contribution in [0.3, 0.4) is 0 Å². The van der Waals surface area contributed by atoms with Crippen molar-refractivity contribution in [3.8, 4) is 0 Å². The lowest BCUT2D eigenvalue weighted by Gasteiger charge is -2.32. The molecule has 1 aliphatic heterocycles. The molecule has 5 nitrogen and oxygen atoms in total. The van der Waals surface area contributed by atoms with Crippen molar-refractivity contribution in [3.63, 3.8) is 0 Å². The fraction of sp³-hybridized carbons (Fsp3) is 0.467. The number of nitrogens with zero attached hydrogens (tertiary/aromatic N) is 1. The third-order valence-electron chi connectivity index (χ3n) is 3.86. The van der Waals surface area contributed by atoms with Gasteiger partial charge in [0.1, 0.15) is 5.37 Å². The van der Waals surface area contributed by atoms with E-state index < -0.39 is 24.3 Å². The maximum absolute atomic E-state index is 12.8. The highest BCUT2D eigenvalue weighted by Crippen LogP contribution is 2.24.